The standard InChI is InChI=1S/C22H24N4O2/c1-16(27)17-6-8-18(9-7-17)25-12-14-26(15-13-25)22(28)11-10-21-23-19-4-2-3-5-20(19)24-21/h2-9H,10-15H2,1H3,(H,23,24). The van der Waals surface area contributed by atoms with E-state index in [0.717, 1.165) is 41.2 Å². The summed E-state index contributed by atoms with van der Waals surface area (Å²) in [5.74, 6) is 1.11. The number of aromatic amines is 1. The predicted octanol–water partition coefficient (Wildman–Crippen LogP) is 3.05. The van der Waals surface area contributed by atoms with Gasteiger partial charge in [0.15, 0.2) is 5.78 Å². The van der Waals surface area contributed by atoms with Crippen LogP contribution in [-0.2, 0) is 11.2 Å². The molecular formula is C22H24N4O2. The number of Topliss-reactive ketones (excluding diaryl/α,β-unsaturated/α-hetero) is 1. The summed E-state index contributed by atoms with van der Waals surface area (Å²) in [6.07, 6.45) is 1.09. The molecule has 0 saturated carbocycles. The Morgan fingerprint density at radius 2 is 1.71 bits per heavy atom. The van der Waals surface area contributed by atoms with Gasteiger partial charge in [-0.05, 0) is 43.3 Å². The van der Waals surface area contributed by atoms with E-state index in [1.54, 1.807) is 6.92 Å². The van der Waals surface area contributed by atoms with Gasteiger partial charge in [0.25, 0.3) is 0 Å². The molecule has 1 saturated heterocycles. The number of hydrogen-bond donors (Lipinski definition) is 1. The number of rotatable bonds is 5. The number of imidazole rings is 1. The number of amides is 1. The van der Waals surface area contributed by atoms with E-state index in [4.69, 9.17) is 0 Å². The number of piperazine rings is 1. The minimum absolute atomic E-state index is 0.0754. The number of aryl methyl sites for hydroxylation is 1. The first-order valence-corrected chi connectivity index (χ1v) is 9.67. The van der Waals surface area contributed by atoms with Crippen molar-refractivity contribution in [1.29, 1.82) is 0 Å². The van der Waals surface area contributed by atoms with E-state index in [1.165, 1.54) is 0 Å². The quantitative estimate of drug-likeness (QED) is 0.695. The molecule has 144 valence electrons. The van der Waals surface area contributed by atoms with Crippen LogP contribution in [0.1, 0.15) is 29.5 Å². The minimum Gasteiger partial charge on any atom is -0.368 e. The fraction of sp³-hybridized carbons (Fsp3) is 0.318. The Bertz CT molecular complexity index is 952. The second kappa shape index (κ2) is 7.84. The molecular weight excluding hydrogens is 352 g/mol. The molecule has 3 aromatic rings. The Kier molecular flexibility index (Phi) is 5.10. The Balaban J connectivity index is 1.29. The molecule has 6 nitrogen and oxygen atoms in total. The highest BCUT2D eigenvalue weighted by Crippen LogP contribution is 2.18. The zero-order valence-electron chi connectivity index (χ0n) is 16.0. The molecule has 6 heteroatoms. The van der Waals surface area contributed by atoms with Crippen molar-refractivity contribution < 1.29 is 9.59 Å². The Hall–Kier alpha value is -3.15. The predicted molar refractivity (Wildman–Crippen MR) is 110 cm³/mol. The van der Waals surface area contributed by atoms with Crippen LogP contribution in [0.25, 0.3) is 11.0 Å². The van der Waals surface area contributed by atoms with E-state index in [-0.39, 0.29) is 11.7 Å². The molecule has 1 N–H and O–H groups in total. The molecule has 4 rings (SSSR count). The maximum absolute atomic E-state index is 12.6. The van der Waals surface area contributed by atoms with Crippen molar-refractivity contribution in [3.63, 3.8) is 0 Å². The number of nitrogens with zero attached hydrogens (tertiary/aromatic N) is 3. The lowest BCUT2D eigenvalue weighted by Gasteiger charge is -2.36. The molecule has 0 aliphatic carbocycles. The zero-order chi connectivity index (χ0) is 19.5. The Morgan fingerprint density at radius 1 is 1.00 bits per heavy atom. The van der Waals surface area contributed by atoms with Gasteiger partial charge in [-0.25, -0.2) is 4.98 Å². The first kappa shape index (κ1) is 18.2. The highest BCUT2D eigenvalue weighted by atomic mass is 16.2. The van der Waals surface area contributed by atoms with Gasteiger partial charge in [-0.15, -0.1) is 0 Å². The number of H-pyrrole nitrogens is 1. The van der Waals surface area contributed by atoms with Crippen molar-refractivity contribution in [3.05, 3.63) is 59.9 Å². The molecule has 0 bridgehead atoms. The highest BCUT2D eigenvalue weighted by molar-refractivity contribution is 5.94. The first-order chi connectivity index (χ1) is 13.6. The SMILES string of the molecule is CC(=O)c1ccc(N2CCN(C(=O)CCc3nc4ccccc4[nH]3)CC2)cc1. The molecule has 2 heterocycles. The molecule has 0 atom stereocenters. The van der Waals surface area contributed by atoms with Gasteiger partial charge in [-0.3, -0.25) is 9.59 Å². The summed E-state index contributed by atoms with van der Waals surface area (Å²) in [6.45, 7) is 4.61. The highest BCUT2D eigenvalue weighted by Gasteiger charge is 2.21. The van der Waals surface area contributed by atoms with Gasteiger partial charge < -0.3 is 14.8 Å². The van der Waals surface area contributed by atoms with Crippen LogP contribution in [0.2, 0.25) is 0 Å². The van der Waals surface area contributed by atoms with Crippen LogP contribution in [0.15, 0.2) is 48.5 Å². The Morgan fingerprint density at radius 3 is 2.39 bits per heavy atom. The lowest BCUT2D eigenvalue weighted by Crippen LogP contribution is -2.48. The number of fused-ring (bicyclic) bond motifs is 1. The third kappa shape index (κ3) is 3.91. The summed E-state index contributed by atoms with van der Waals surface area (Å²) in [6, 6.07) is 15.6. The number of benzene rings is 2. The normalized spacial score (nSPS) is 14.5. The van der Waals surface area contributed by atoms with Crippen molar-refractivity contribution in [1.82, 2.24) is 14.9 Å². The van der Waals surface area contributed by atoms with Crippen LogP contribution < -0.4 is 4.90 Å². The number of aromatic nitrogens is 2. The summed E-state index contributed by atoms with van der Waals surface area (Å²) >= 11 is 0. The largest absolute Gasteiger partial charge is 0.368 e. The average molecular weight is 376 g/mol. The lowest BCUT2D eigenvalue weighted by atomic mass is 10.1. The van der Waals surface area contributed by atoms with Crippen molar-refractivity contribution in [2.24, 2.45) is 0 Å². The average Bonchev–Trinajstić information content (AvgIpc) is 3.15. The first-order valence-electron chi connectivity index (χ1n) is 9.67. The number of ketones is 1. The summed E-state index contributed by atoms with van der Waals surface area (Å²) in [5.41, 5.74) is 3.77. The van der Waals surface area contributed by atoms with Gasteiger partial charge in [0.05, 0.1) is 11.0 Å². The molecule has 1 aliphatic rings. The van der Waals surface area contributed by atoms with Crippen molar-refractivity contribution in [2.45, 2.75) is 19.8 Å². The van der Waals surface area contributed by atoms with E-state index in [2.05, 4.69) is 14.9 Å². The van der Waals surface area contributed by atoms with E-state index in [0.29, 0.717) is 25.9 Å². The van der Waals surface area contributed by atoms with Gasteiger partial charge in [-0.1, -0.05) is 12.1 Å². The van der Waals surface area contributed by atoms with Crippen molar-refractivity contribution in [3.8, 4) is 0 Å². The van der Waals surface area contributed by atoms with Gasteiger partial charge in [0, 0.05) is 50.3 Å². The number of anilines is 1. The molecule has 1 amide bonds. The van der Waals surface area contributed by atoms with Crippen LogP contribution in [0, 0.1) is 0 Å². The summed E-state index contributed by atoms with van der Waals surface area (Å²) in [4.78, 5) is 36.0. The van der Waals surface area contributed by atoms with E-state index < -0.39 is 0 Å². The van der Waals surface area contributed by atoms with Crippen LogP contribution in [0.4, 0.5) is 5.69 Å². The van der Waals surface area contributed by atoms with E-state index >= 15 is 0 Å². The van der Waals surface area contributed by atoms with Crippen LogP contribution >= 0.6 is 0 Å². The van der Waals surface area contributed by atoms with Crippen LogP contribution in [0.5, 0.6) is 0 Å². The lowest BCUT2D eigenvalue weighted by molar-refractivity contribution is -0.131. The molecule has 2 aromatic carbocycles. The summed E-state index contributed by atoms with van der Waals surface area (Å²) in [5, 5.41) is 0. The van der Waals surface area contributed by atoms with Gasteiger partial charge in [-0.2, -0.15) is 0 Å². The second-order valence-electron chi connectivity index (χ2n) is 7.17. The number of carbonyl (C=O) groups excluding carboxylic acids is 2. The molecule has 1 fully saturated rings. The molecule has 0 radical (unpaired) electrons. The third-order valence-corrected chi connectivity index (χ3v) is 5.29. The fourth-order valence-electron chi connectivity index (χ4n) is 3.63. The van der Waals surface area contributed by atoms with E-state index in [9.17, 15) is 9.59 Å². The maximum Gasteiger partial charge on any atom is 0.223 e. The van der Waals surface area contributed by atoms with Gasteiger partial charge in [0.1, 0.15) is 5.82 Å². The molecule has 1 aliphatic heterocycles. The van der Waals surface area contributed by atoms with Crippen LogP contribution in [-0.4, -0.2) is 52.7 Å². The monoisotopic (exact) mass is 376 g/mol. The maximum atomic E-state index is 12.6. The molecule has 0 unspecified atom stereocenters. The smallest absolute Gasteiger partial charge is 0.223 e. The number of nitrogens with one attached hydrogen (secondary N) is 1. The number of hydrogen-bond acceptors (Lipinski definition) is 4. The molecule has 28 heavy (non-hydrogen) atoms. The summed E-state index contributed by atoms with van der Waals surface area (Å²) < 4.78 is 0. The third-order valence-electron chi connectivity index (χ3n) is 5.29. The van der Waals surface area contributed by atoms with Crippen molar-refractivity contribution >= 4 is 28.4 Å². The summed E-state index contributed by atoms with van der Waals surface area (Å²) in [7, 11) is 0. The van der Waals surface area contributed by atoms with Crippen LogP contribution in [0.3, 0.4) is 0 Å². The van der Waals surface area contributed by atoms with E-state index in [1.807, 2.05) is 53.4 Å². The van der Waals surface area contributed by atoms with Gasteiger partial charge >= 0.3 is 0 Å². The molecule has 0 spiro atoms. The van der Waals surface area contributed by atoms with Gasteiger partial charge in [0.2, 0.25) is 5.91 Å². The molecule has 1 aromatic heterocycles. The van der Waals surface area contributed by atoms with Crippen molar-refractivity contribution in [2.75, 3.05) is 31.1 Å². The number of carbonyl (C=O) groups is 2. The topological polar surface area (TPSA) is 69.3 Å². The zero-order valence-corrected chi connectivity index (χ0v) is 16.0. The minimum atomic E-state index is 0.0754. The second-order valence-corrected chi connectivity index (χ2v) is 7.17. The Labute approximate surface area is 164 Å². The fourth-order valence-corrected chi connectivity index (χ4v) is 3.63. The number of para-hydroxylation sites is 2.